The lowest BCUT2D eigenvalue weighted by Crippen LogP contribution is -2.52. The van der Waals surface area contributed by atoms with Crippen LogP contribution in [0.15, 0.2) is 4.99 Å². The Bertz CT molecular complexity index is 608. The predicted molar refractivity (Wildman–Crippen MR) is 122 cm³/mol. The number of aliphatic imine (C=N–C) groups is 1. The van der Waals surface area contributed by atoms with Crippen LogP contribution in [0.1, 0.15) is 37.7 Å². The number of halogens is 1. The normalized spacial score (nSPS) is 16.1. The van der Waals surface area contributed by atoms with Crippen molar-refractivity contribution >= 4 is 29.9 Å². The molecule has 27 heavy (non-hydrogen) atoms. The van der Waals surface area contributed by atoms with Crippen molar-refractivity contribution in [2.45, 2.75) is 46.6 Å². The summed E-state index contributed by atoms with van der Waals surface area (Å²) in [5.41, 5.74) is 3.70. The molecule has 1 saturated heterocycles. The van der Waals surface area contributed by atoms with E-state index in [1.807, 2.05) is 11.7 Å². The van der Waals surface area contributed by atoms with E-state index in [1.165, 1.54) is 11.3 Å². The van der Waals surface area contributed by atoms with Crippen LogP contribution in [0.5, 0.6) is 0 Å². The SMILES string of the molecule is CCNC(=NCC(C)(C)N1CCOCC1)NCCc1c(C)nn(C)c1C.I. The third kappa shape index (κ3) is 6.90. The Hall–Kier alpha value is -0.870. The first-order valence-electron chi connectivity index (χ1n) is 9.69. The van der Waals surface area contributed by atoms with Gasteiger partial charge in [0.15, 0.2) is 5.96 Å². The van der Waals surface area contributed by atoms with Gasteiger partial charge in [-0.1, -0.05) is 0 Å². The van der Waals surface area contributed by atoms with Crippen LogP contribution in [0.3, 0.4) is 0 Å². The zero-order valence-corrected chi connectivity index (χ0v) is 20.1. The monoisotopic (exact) mass is 492 g/mol. The summed E-state index contributed by atoms with van der Waals surface area (Å²) in [5, 5.41) is 11.3. The summed E-state index contributed by atoms with van der Waals surface area (Å²) in [5.74, 6) is 0.882. The van der Waals surface area contributed by atoms with Gasteiger partial charge in [-0.25, -0.2) is 0 Å². The van der Waals surface area contributed by atoms with E-state index in [2.05, 4.69) is 55.3 Å². The average Bonchev–Trinajstić information content (AvgIpc) is 2.86. The van der Waals surface area contributed by atoms with Gasteiger partial charge in [0.1, 0.15) is 0 Å². The largest absolute Gasteiger partial charge is 0.379 e. The Morgan fingerprint density at radius 3 is 2.44 bits per heavy atom. The van der Waals surface area contributed by atoms with Gasteiger partial charge in [-0.3, -0.25) is 14.6 Å². The van der Waals surface area contributed by atoms with Gasteiger partial charge in [-0.05, 0) is 46.6 Å². The van der Waals surface area contributed by atoms with Crippen LogP contribution in [0.2, 0.25) is 0 Å². The van der Waals surface area contributed by atoms with Gasteiger partial charge >= 0.3 is 0 Å². The highest BCUT2D eigenvalue weighted by atomic mass is 127. The van der Waals surface area contributed by atoms with E-state index in [0.29, 0.717) is 0 Å². The second kappa shape index (κ2) is 11.2. The summed E-state index contributed by atoms with van der Waals surface area (Å²) in [6.07, 6.45) is 0.947. The molecule has 0 radical (unpaired) electrons. The van der Waals surface area contributed by atoms with E-state index < -0.39 is 0 Å². The van der Waals surface area contributed by atoms with Crippen molar-refractivity contribution in [2.75, 3.05) is 45.9 Å². The van der Waals surface area contributed by atoms with Crippen LogP contribution in [0, 0.1) is 13.8 Å². The number of nitrogens with zero attached hydrogens (tertiary/aromatic N) is 4. The number of hydrogen-bond donors (Lipinski definition) is 2. The molecule has 1 aliphatic heterocycles. The van der Waals surface area contributed by atoms with Gasteiger partial charge in [0.2, 0.25) is 0 Å². The first-order chi connectivity index (χ1) is 12.3. The summed E-state index contributed by atoms with van der Waals surface area (Å²) in [6.45, 7) is 16.9. The molecule has 7 nitrogen and oxygen atoms in total. The van der Waals surface area contributed by atoms with Crippen LogP contribution < -0.4 is 10.6 Å². The minimum atomic E-state index is 0. The molecule has 0 amide bonds. The Labute approximate surface area is 181 Å². The van der Waals surface area contributed by atoms with Crippen molar-refractivity contribution in [3.63, 3.8) is 0 Å². The molecule has 0 bridgehead atoms. The lowest BCUT2D eigenvalue weighted by molar-refractivity contribution is -0.00683. The Morgan fingerprint density at radius 1 is 1.22 bits per heavy atom. The molecule has 1 aromatic heterocycles. The predicted octanol–water partition coefficient (Wildman–Crippen LogP) is 1.86. The molecule has 2 N–H and O–H groups in total. The van der Waals surface area contributed by atoms with Crippen LogP contribution in [-0.4, -0.2) is 72.1 Å². The summed E-state index contributed by atoms with van der Waals surface area (Å²) in [4.78, 5) is 7.30. The molecule has 8 heteroatoms. The maximum absolute atomic E-state index is 5.47. The van der Waals surface area contributed by atoms with E-state index in [9.17, 15) is 0 Å². The van der Waals surface area contributed by atoms with E-state index in [4.69, 9.17) is 9.73 Å². The fourth-order valence-electron chi connectivity index (χ4n) is 3.37. The summed E-state index contributed by atoms with van der Waals surface area (Å²) >= 11 is 0. The minimum absolute atomic E-state index is 0. The molecule has 0 aromatic carbocycles. The smallest absolute Gasteiger partial charge is 0.191 e. The zero-order valence-electron chi connectivity index (χ0n) is 17.8. The van der Waals surface area contributed by atoms with Crippen LogP contribution in [0.4, 0.5) is 0 Å². The Morgan fingerprint density at radius 2 is 1.89 bits per heavy atom. The minimum Gasteiger partial charge on any atom is -0.379 e. The number of guanidine groups is 1. The summed E-state index contributed by atoms with van der Waals surface area (Å²) < 4.78 is 7.42. The Balaban J connectivity index is 0.00000364. The molecule has 0 unspecified atom stereocenters. The van der Waals surface area contributed by atoms with Crippen LogP contribution in [0.25, 0.3) is 0 Å². The summed E-state index contributed by atoms with van der Waals surface area (Å²) in [6, 6.07) is 0. The zero-order chi connectivity index (χ0) is 19.2. The topological polar surface area (TPSA) is 66.7 Å². The molecule has 0 saturated carbocycles. The lowest BCUT2D eigenvalue weighted by Gasteiger charge is -2.39. The molecule has 2 heterocycles. The molecule has 156 valence electrons. The maximum Gasteiger partial charge on any atom is 0.191 e. The fourth-order valence-corrected chi connectivity index (χ4v) is 3.37. The number of nitrogens with one attached hydrogen (secondary N) is 2. The van der Waals surface area contributed by atoms with Gasteiger partial charge in [0, 0.05) is 44.5 Å². The molecule has 1 fully saturated rings. The number of hydrogen-bond acceptors (Lipinski definition) is 4. The van der Waals surface area contributed by atoms with Gasteiger partial charge in [-0.2, -0.15) is 5.10 Å². The van der Waals surface area contributed by atoms with Crippen molar-refractivity contribution in [3.8, 4) is 0 Å². The highest BCUT2D eigenvalue weighted by Crippen LogP contribution is 2.16. The molecule has 1 aromatic rings. The molecular formula is C19H37IN6O. The summed E-state index contributed by atoms with van der Waals surface area (Å²) in [7, 11) is 2.00. The number of rotatable bonds is 7. The van der Waals surface area contributed by atoms with E-state index in [1.54, 1.807) is 0 Å². The number of aryl methyl sites for hydroxylation is 2. The second-order valence-electron chi connectivity index (χ2n) is 7.56. The molecule has 0 aliphatic carbocycles. The molecule has 1 aliphatic rings. The van der Waals surface area contributed by atoms with Gasteiger partial charge in [-0.15, -0.1) is 24.0 Å². The third-order valence-corrected chi connectivity index (χ3v) is 5.16. The quantitative estimate of drug-likeness (QED) is 0.346. The van der Waals surface area contributed by atoms with Crippen molar-refractivity contribution in [3.05, 3.63) is 17.0 Å². The number of aromatic nitrogens is 2. The molecular weight excluding hydrogens is 455 g/mol. The molecule has 0 atom stereocenters. The van der Waals surface area contributed by atoms with Gasteiger partial charge in [0.05, 0.1) is 25.5 Å². The first-order valence-corrected chi connectivity index (χ1v) is 9.69. The van der Waals surface area contributed by atoms with Crippen molar-refractivity contribution in [1.29, 1.82) is 0 Å². The fraction of sp³-hybridized carbons (Fsp3) is 0.789. The second-order valence-corrected chi connectivity index (χ2v) is 7.56. The third-order valence-electron chi connectivity index (χ3n) is 5.16. The van der Waals surface area contributed by atoms with Crippen molar-refractivity contribution < 1.29 is 4.74 Å². The Kier molecular flexibility index (Phi) is 10.0. The first kappa shape index (κ1) is 24.2. The highest BCUT2D eigenvalue weighted by molar-refractivity contribution is 14.0. The van der Waals surface area contributed by atoms with Crippen LogP contribution >= 0.6 is 24.0 Å². The maximum atomic E-state index is 5.47. The van der Waals surface area contributed by atoms with Crippen molar-refractivity contribution in [2.24, 2.45) is 12.0 Å². The van der Waals surface area contributed by atoms with E-state index in [0.717, 1.165) is 64.0 Å². The number of morpholine rings is 1. The average molecular weight is 492 g/mol. The molecule has 2 rings (SSSR count). The van der Waals surface area contributed by atoms with Crippen LogP contribution in [-0.2, 0) is 18.2 Å². The standard InChI is InChI=1S/C19H36N6O.HI/c1-7-20-18(21-9-8-17-15(2)23-24(6)16(17)3)22-14-19(4,5)25-10-12-26-13-11-25;/h7-14H2,1-6H3,(H2,20,21,22);1H. The van der Waals surface area contributed by atoms with Gasteiger partial charge < -0.3 is 15.4 Å². The lowest BCUT2D eigenvalue weighted by atomic mass is 10.0. The number of ether oxygens (including phenoxy) is 1. The van der Waals surface area contributed by atoms with Crippen molar-refractivity contribution in [1.82, 2.24) is 25.3 Å². The van der Waals surface area contributed by atoms with E-state index >= 15 is 0 Å². The molecule has 0 spiro atoms. The van der Waals surface area contributed by atoms with Gasteiger partial charge in [0.25, 0.3) is 0 Å². The highest BCUT2D eigenvalue weighted by Gasteiger charge is 2.28. The van der Waals surface area contributed by atoms with E-state index in [-0.39, 0.29) is 29.5 Å².